The Bertz CT molecular complexity index is 1480. The summed E-state index contributed by atoms with van der Waals surface area (Å²) in [5, 5.41) is 2.85. The zero-order valence-corrected chi connectivity index (χ0v) is 23.4. The van der Waals surface area contributed by atoms with Gasteiger partial charge in [0.15, 0.2) is 17.4 Å². The van der Waals surface area contributed by atoms with E-state index in [2.05, 4.69) is 25.2 Å². The van der Waals surface area contributed by atoms with E-state index in [4.69, 9.17) is 14.2 Å². The summed E-state index contributed by atoms with van der Waals surface area (Å²) in [7, 11) is 0. The van der Waals surface area contributed by atoms with E-state index in [0.29, 0.717) is 48.5 Å². The van der Waals surface area contributed by atoms with Crippen LogP contribution in [-0.2, 0) is 15.7 Å². The number of piperidine rings is 1. The third kappa shape index (κ3) is 5.71. The quantitative estimate of drug-likeness (QED) is 0.425. The van der Waals surface area contributed by atoms with Gasteiger partial charge in [-0.1, -0.05) is 12.1 Å². The summed E-state index contributed by atoms with van der Waals surface area (Å²) in [4.78, 5) is 31.0. The molecule has 0 radical (unpaired) electrons. The Morgan fingerprint density at radius 2 is 2.05 bits per heavy atom. The second-order valence-electron chi connectivity index (χ2n) is 11.1. The first kappa shape index (κ1) is 28.2. The second kappa shape index (κ2) is 10.7. The van der Waals surface area contributed by atoms with Crippen LogP contribution in [0.5, 0.6) is 5.75 Å². The van der Waals surface area contributed by atoms with E-state index in [1.807, 2.05) is 13.8 Å². The number of urea groups is 1. The summed E-state index contributed by atoms with van der Waals surface area (Å²) in [5.74, 6) is 0.681. The van der Waals surface area contributed by atoms with Crippen molar-refractivity contribution in [3.05, 3.63) is 53.9 Å². The highest BCUT2D eigenvalue weighted by Gasteiger charge is 2.40. The minimum absolute atomic E-state index is 0.121. The SMILES string of the molecule is Cc1nc(-c2cccc(C(F)(F)F)c2)nc2c1N1CCC[C@@H](C1)N2C(=O)Nc1ccc(OCC2COC(C)(C)O2)cn1. The summed E-state index contributed by atoms with van der Waals surface area (Å²) < 4.78 is 57.3. The predicted molar refractivity (Wildman–Crippen MR) is 149 cm³/mol. The molecule has 222 valence electrons. The predicted octanol–water partition coefficient (Wildman–Crippen LogP) is 5.42. The number of nitrogens with zero attached hydrogens (tertiary/aromatic N) is 5. The smallest absolute Gasteiger partial charge is 0.416 e. The van der Waals surface area contributed by atoms with Crippen LogP contribution in [0, 0.1) is 6.92 Å². The molecular weight excluding hydrogens is 553 g/mol. The number of ether oxygens (including phenoxy) is 3. The standard InChI is InChI=1S/C29H31F3N6O4/c1-17-24-26(36-25(34-17)18-6-4-7-19(12-18)29(30,31)32)38(20-8-5-11-37(24)14-20)27(39)35-23-10-9-21(13-33-23)40-15-22-16-41-28(2,3)42-22/h4,6-7,9-10,12-13,20,22H,5,8,11,14-16H2,1-3H3,(H,33,35,39)/t20-,22?/m0/s1. The van der Waals surface area contributed by atoms with Gasteiger partial charge in [-0.15, -0.1) is 0 Å². The molecule has 1 aromatic carbocycles. The fourth-order valence-electron chi connectivity index (χ4n) is 5.60. The minimum Gasteiger partial charge on any atom is -0.489 e. The monoisotopic (exact) mass is 584 g/mol. The molecule has 2 aromatic heterocycles. The molecule has 5 heterocycles. The van der Waals surface area contributed by atoms with Crippen LogP contribution < -0.4 is 19.9 Å². The summed E-state index contributed by atoms with van der Waals surface area (Å²) in [6.45, 7) is 7.60. The van der Waals surface area contributed by atoms with Crippen LogP contribution in [0.25, 0.3) is 11.4 Å². The van der Waals surface area contributed by atoms with Crippen molar-refractivity contribution in [2.45, 2.75) is 57.7 Å². The molecule has 3 aromatic rings. The van der Waals surface area contributed by atoms with Crippen LogP contribution in [0.2, 0.25) is 0 Å². The molecular formula is C29H31F3N6O4. The highest BCUT2D eigenvalue weighted by Crippen LogP contribution is 2.41. The molecule has 10 nitrogen and oxygen atoms in total. The number of nitrogens with one attached hydrogen (secondary N) is 1. The van der Waals surface area contributed by atoms with Crippen molar-refractivity contribution >= 4 is 23.4 Å². The molecule has 2 atom stereocenters. The first-order valence-corrected chi connectivity index (χ1v) is 13.8. The van der Waals surface area contributed by atoms with Gasteiger partial charge in [0, 0.05) is 18.7 Å². The van der Waals surface area contributed by atoms with Crippen LogP contribution in [0.15, 0.2) is 42.6 Å². The van der Waals surface area contributed by atoms with Gasteiger partial charge in [-0.25, -0.2) is 19.7 Å². The molecule has 13 heteroatoms. The first-order chi connectivity index (χ1) is 20.0. The molecule has 3 aliphatic heterocycles. The van der Waals surface area contributed by atoms with E-state index < -0.39 is 23.6 Å². The second-order valence-corrected chi connectivity index (χ2v) is 11.1. The third-order valence-electron chi connectivity index (χ3n) is 7.49. The molecule has 6 rings (SSSR count). The van der Waals surface area contributed by atoms with Crippen molar-refractivity contribution in [2.75, 3.05) is 41.4 Å². The number of amides is 2. The summed E-state index contributed by atoms with van der Waals surface area (Å²) in [6.07, 6.45) is -1.55. The van der Waals surface area contributed by atoms with Crippen molar-refractivity contribution in [3.63, 3.8) is 0 Å². The van der Waals surface area contributed by atoms with E-state index >= 15 is 0 Å². The van der Waals surface area contributed by atoms with Gasteiger partial charge in [0.2, 0.25) is 0 Å². The van der Waals surface area contributed by atoms with Crippen molar-refractivity contribution in [1.29, 1.82) is 0 Å². The van der Waals surface area contributed by atoms with Crippen molar-refractivity contribution in [3.8, 4) is 17.1 Å². The number of pyridine rings is 1. The number of aryl methyl sites for hydroxylation is 1. The lowest BCUT2D eigenvalue weighted by molar-refractivity contribution is -0.141. The largest absolute Gasteiger partial charge is 0.489 e. The van der Waals surface area contributed by atoms with Gasteiger partial charge in [0.1, 0.15) is 30.0 Å². The molecule has 2 saturated heterocycles. The first-order valence-electron chi connectivity index (χ1n) is 13.8. The normalized spacial score (nSPS) is 21.2. The number of hydrogen-bond donors (Lipinski definition) is 1. The number of alkyl halides is 3. The van der Waals surface area contributed by atoms with E-state index in [-0.39, 0.29) is 23.5 Å². The fourth-order valence-corrected chi connectivity index (χ4v) is 5.60. The summed E-state index contributed by atoms with van der Waals surface area (Å²) in [6, 6.07) is 7.63. The molecule has 3 aliphatic rings. The maximum atomic E-state index is 13.7. The zero-order valence-electron chi connectivity index (χ0n) is 23.4. The fraction of sp³-hybridized carbons (Fsp3) is 0.448. The van der Waals surface area contributed by atoms with Gasteiger partial charge >= 0.3 is 12.2 Å². The number of carbonyl (C=O) groups is 1. The average Bonchev–Trinajstić information content (AvgIpc) is 3.30. The number of aromatic nitrogens is 3. The molecule has 0 spiro atoms. The van der Waals surface area contributed by atoms with Gasteiger partial charge in [-0.3, -0.25) is 10.2 Å². The highest BCUT2D eigenvalue weighted by molar-refractivity contribution is 6.04. The van der Waals surface area contributed by atoms with Crippen molar-refractivity contribution < 1.29 is 32.2 Å². The van der Waals surface area contributed by atoms with Gasteiger partial charge in [-0.05, 0) is 57.9 Å². The highest BCUT2D eigenvalue weighted by atomic mass is 19.4. The number of benzene rings is 1. The molecule has 0 saturated carbocycles. The maximum Gasteiger partial charge on any atom is 0.416 e. The van der Waals surface area contributed by atoms with Crippen LogP contribution >= 0.6 is 0 Å². The number of anilines is 3. The lowest BCUT2D eigenvalue weighted by Crippen LogP contribution is -2.56. The lowest BCUT2D eigenvalue weighted by Gasteiger charge is -2.46. The number of fused-ring (bicyclic) bond motifs is 4. The van der Waals surface area contributed by atoms with E-state index in [1.54, 1.807) is 24.0 Å². The maximum absolute atomic E-state index is 13.7. The Morgan fingerprint density at radius 3 is 2.76 bits per heavy atom. The molecule has 2 amide bonds. The van der Waals surface area contributed by atoms with E-state index in [9.17, 15) is 18.0 Å². The van der Waals surface area contributed by atoms with Crippen molar-refractivity contribution in [1.82, 2.24) is 15.0 Å². The molecule has 1 unspecified atom stereocenters. The van der Waals surface area contributed by atoms with Gasteiger partial charge in [0.25, 0.3) is 0 Å². The molecule has 1 N–H and O–H groups in total. The number of hydrogen-bond acceptors (Lipinski definition) is 8. The van der Waals surface area contributed by atoms with Crippen LogP contribution in [0.1, 0.15) is 37.9 Å². The number of halogens is 3. The van der Waals surface area contributed by atoms with Crippen LogP contribution in [0.4, 0.5) is 35.3 Å². The number of carbonyl (C=O) groups excluding carboxylic acids is 1. The van der Waals surface area contributed by atoms with Crippen LogP contribution in [0.3, 0.4) is 0 Å². The van der Waals surface area contributed by atoms with Gasteiger partial charge in [0.05, 0.1) is 30.1 Å². The summed E-state index contributed by atoms with van der Waals surface area (Å²) in [5.41, 5.74) is 0.720. The van der Waals surface area contributed by atoms with E-state index in [0.717, 1.165) is 31.5 Å². The Hall–Kier alpha value is -3.97. The van der Waals surface area contributed by atoms with Gasteiger partial charge < -0.3 is 19.1 Å². The van der Waals surface area contributed by atoms with Crippen molar-refractivity contribution in [2.24, 2.45) is 0 Å². The molecule has 42 heavy (non-hydrogen) atoms. The Balaban J connectivity index is 1.23. The summed E-state index contributed by atoms with van der Waals surface area (Å²) >= 11 is 0. The van der Waals surface area contributed by atoms with Crippen LogP contribution in [-0.4, -0.2) is 65.2 Å². The third-order valence-corrected chi connectivity index (χ3v) is 7.49. The molecule has 2 fully saturated rings. The van der Waals surface area contributed by atoms with Gasteiger partial charge in [-0.2, -0.15) is 13.2 Å². The molecule has 2 bridgehead atoms. The average molecular weight is 585 g/mol. The Labute approximate surface area is 240 Å². The Morgan fingerprint density at radius 1 is 1.21 bits per heavy atom. The minimum atomic E-state index is -4.50. The number of rotatable bonds is 5. The zero-order chi connectivity index (χ0) is 29.6. The Kier molecular flexibility index (Phi) is 7.17. The lowest BCUT2D eigenvalue weighted by atomic mass is 9.99. The molecule has 0 aliphatic carbocycles. The topological polar surface area (TPSA) is 102 Å². The van der Waals surface area contributed by atoms with E-state index in [1.165, 1.54) is 18.3 Å².